The lowest BCUT2D eigenvalue weighted by Crippen LogP contribution is -2.68. The second-order valence-corrected chi connectivity index (χ2v) is 10.4. The zero-order valence-electron chi connectivity index (χ0n) is 23.5. The Morgan fingerprint density at radius 2 is 1.69 bits per heavy atom. The van der Waals surface area contributed by atoms with E-state index in [0.717, 1.165) is 61.2 Å². The maximum atomic E-state index is 13.5. The molecule has 2 atom stereocenters. The number of nitrogens with zero attached hydrogens (tertiary/aromatic N) is 7. The number of rotatable bonds is 5. The lowest BCUT2D eigenvalue weighted by atomic mass is 9.86. The first-order chi connectivity index (χ1) is 19.0. The number of amides is 1. The van der Waals surface area contributed by atoms with Gasteiger partial charge in [-0.05, 0) is 49.2 Å². The van der Waals surface area contributed by atoms with Crippen LogP contribution in [0.2, 0.25) is 0 Å². The number of fused-ring (bicyclic) bond motifs is 2. The molecule has 204 valence electrons. The van der Waals surface area contributed by atoms with Crippen molar-refractivity contribution >= 4 is 17.4 Å². The minimum Gasteiger partial charge on any atom is -0.367 e. The molecule has 7 rings (SSSR count). The predicted molar refractivity (Wildman–Crippen MR) is 155 cm³/mol. The van der Waals surface area contributed by atoms with E-state index in [1.807, 2.05) is 68.4 Å². The summed E-state index contributed by atoms with van der Waals surface area (Å²) in [6.45, 7) is 11.8. The van der Waals surface area contributed by atoms with Crippen LogP contribution in [0.1, 0.15) is 47.6 Å². The summed E-state index contributed by atoms with van der Waals surface area (Å²) in [6.07, 6.45) is 3.01. The molecule has 0 saturated carbocycles. The molecular weight excluding hydrogens is 486 g/mol. The number of hydrogen-bond donors (Lipinski definition) is 0. The smallest absolute Gasteiger partial charge is 0.270 e. The fourth-order valence-corrected chi connectivity index (χ4v) is 6.15. The number of carbonyl (C=O) groups is 1. The van der Waals surface area contributed by atoms with Crippen molar-refractivity contribution in [2.24, 2.45) is 7.05 Å². The molecular formula is C31H39N7O. The standard InChI is InChI=1S/C29H33N7O.C2H6/c1-21-23(18-36-24-16-25(36)20-35(19-24)26-8-4-3-7-22(26)17-30)15-27(32(21)2)29(37)34-13-11-33(12-14-34)28-9-5-6-10-31-28;1-2/h3-10,15,24-25H,11-14,16,18-20H2,1-2H3;1-2H3. The van der Waals surface area contributed by atoms with Gasteiger partial charge in [0.15, 0.2) is 0 Å². The van der Waals surface area contributed by atoms with Crippen molar-refractivity contribution in [2.45, 2.75) is 45.8 Å². The maximum absolute atomic E-state index is 13.5. The monoisotopic (exact) mass is 525 g/mol. The van der Waals surface area contributed by atoms with Gasteiger partial charge in [0, 0.05) is 76.8 Å². The van der Waals surface area contributed by atoms with Gasteiger partial charge >= 0.3 is 0 Å². The summed E-state index contributed by atoms with van der Waals surface area (Å²) in [5.74, 6) is 1.09. The van der Waals surface area contributed by atoms with Crippen molar-refractivity contribution < 1.29 is 4.79 Å². The summed E-state index contributed by atoms with van der Waals surface area (Å²) >= 11 is 0. The first-order valence-corrected chi connectivity index (χ1v) is 14.1. The Bertz CT molecular complexity index is 1320. The highest BCUT2D eigenvalue weighted by atomic mass is 16.2. The first-order valence-electron chi connectivity index (χ1n) is 14.1. The van der Waals surface area contributed by atoms with Gasteiger partial charge in [0.25, 0.3) is 5.91 Å². The van der Waals surface area contributed by atoms with Crippen LogP contribution in [0.4, 0.5) is 11.5 Å². The van der Waals surface area contributed by atoms with Crippen LogP contribution >= 0.6 is 0 Å². The molecule has 39 heavy (non-hydrogen) atoms. The minimum atomic E-state index is 0.112. The van der Waals surface area contributed by atoms with Crippen molar-refractivity contribution in [1.29, 1.82) is 5.26 Å². The van der Waals surface area contributed by atoms with Crippen LogP contribution in [0.15, 0.2) is 54.7 Å². The molecule has 2 unspecified atom stereocenters. The number of piperazine rings is 2. The average molecular weight is 526 g/mol. The van der Waals surface area contributed by atoms with Crippen molar-refractivity contribution in [3.63, 3.8) is 0 Å². The third-order valence-corrected chi connectivity index (χ3v) is 8.46. The first kappa shape index (κ1) is 26.8. The SMILES string of the molecule is CC.Cc1c(CN2C3CC2CN(c2ccccc2C#N)C3)cc(C(=O)N2CCN(c3ccccn3)CC2)n1C. The molecule has 4 saturated heterocycles. The lowest BCUT2D eigenvalue weighted by molar-refractivity contribution is -0.00858. The molecule has 0 radical (unpaired) electrons. The van der Waals surface area contributed by atoms with E-state index in [1.54, 1.807) is 0 Å². The summed E-state index contributed by atoms with van der Waals surface area (Å²) in [7, 11) is 2.01. The Morgan fingerprint density at radius 3 is 2.36 bits per heavy atom. The number of anilines is 2. The summed E-state index contributed by atoms with van der Waals surface area (Å²) in [5.41, 5.74) is 4.96. The van der Waals surface area contributed by atoms with E-state index >= 15 is 0 Å². The van der Waals surface area contributed by atoms with Crippen molar-refractivity contribution in [1.82, 2.24) is 19.4 Å². The molecule has 3 aromatic rings. The Hall–Kier alpha value is -3.83. The zero-order chi connectivity index (χ0) is 27.5. The molecule has 2 bridgehead atoms. The zero-order valence-corrected chi connectivity index (χ0v) is 23.5. The second-order valence-electron chi connectivity index (χ2n) is 10.4. The van der Waals surface area contributed by atoms with Crippen molar-refractivity contribution in [3.8, 4) is 6.07 Å². The second kappa shape index (κ2) is 11.5. The van der Waals surface area contributed by atoms with Gasteiger partial charge in [-0.1, -0.05) is 32.0 Å². The lowest BCUT2D eigenvalue weighted by Gasteiger charge is -2.57. The molecule has 2 aromatic heterocycles. The Kier molecular flexibility index (Phi) is 7.89. The van der Waals surface area contributed by atoms with Crippen LogP contribution in [0.5, 0.6) is 0 Å². The molecule has 1 amide bonds. The highest BCUT2D eigenvalue weighted by Gasteiger charge is 2.45. The molecule has 0 spiro atoms. The number of hydrogen-bond acceptors (Lipinski definition) is 6. The number of carbonyl (C=O) groups excluding carboxylic acids is 1. The third kappa shape index (κ3) is 5.11. The van der Waals surface area contributed by atoms with E-state index in [9.17, 15) is 10.1 Å². The molecule has 4 aliphatic heterocycles. The summed E-state index contributed by atoms with van der Waals surface area (Å²) in [4.78, 5) is 27.1. The number of benzene rings is 1. The van der Waals surface area contributed by atoms with Crippen molar-refractivity contribution in [2.75, 3.05) is 49.1 Å². The Balaban J connectivity index is 0.00000151. The summed E-state index contributed by atoms with van der Waals surface area (Å²) in [6, 6.07) is 19.3. The number of piperidine rings is 1. The van der Waals surface area contributed by atoms with Crippen LogP contribution in [0.25, 0.3) is 0 Å². The highest BCUT2D eigenvalue weighted by molar-refractivity contribution is 5.93. The van der Waals surface area contributed by atoms with Crippen LogP contribution < -0.4 is 9.80 Å². The van der Waals surface area contributed by atoms with Gasteiger partial charge in [-0.25, -0.2) is 4.98 Å². The van der Waals surface area contributed by atoms with Crippen LogP contribution in [-0.4, -0.2) is 76.6 Å². The van der Waals surface area contributed by atoms with Crippen LogP contribution in [0, 0.1) is 18.3 Å². The minimum absolute atomic E-state index is 0.112. The number of para-hydroxylation sites is 1. The summed E-state index contributed by atoms with van der Waals surface area (Å²) < 4.78 is 2.06. The quantitative estimate of drug-likeness (QED) is 0.501. The predicted octanol–water partition coefficient (Wildman–Crippen LogP) is 4.05. The summed E-state index contributed by atoms with van der Waals surface area (Å²) in [5, 5.41) is 9.51. The Labute approximate surface area is 232 Å². The molecule has 8 heteroatoms. The van der Waals surface area contributed by atoms with E-state index in [-0.39, 0.29) is 5.91 Å². The van der Waals surface area contributed by atoms with Crippen molar-refractivity contribution in [3.05, 3.63) is 77.2 Å². The average Bonchev–Trinajstić information content (AvgIpc) is 3.29. The molecule has 4 fully saturated rings. The molecule has 6 heterocycles. The van der Waals surface area contributed by atoms with Gasteiger partial charge in [0.1, 0.15) is 17.6 Å². The number of pyridine rings is 1. The van der Waals surface area contributed by atoms with Crippen LogP contribution in [-0.2, 0) is 13.6 Å². The van der Waals surface area contributed by atoms with Gasteiger partial charge in [-0.2, -0.15) is 5.26 Å². The third-order valence-electron chi connectivity index (χ3n) is 8.46. The topological polar surface area (TPSA) is 71.6 Å². The fraction of sp³-hybridized carbons (Fsp3) is 0.452. The van der Waals surface area contributed by atoms with Gasteiger partial charge in [0.2, 0.25) is 0 Å². The largest absolute Gasteiger partial charge is 0.367 e. The molecule has 0 aliphatic carbocycles. The van der Waals surface area contributed by atoms with Gasteiger partial charge in [-0.15, -0.1) is 0 Å². The fourth-order valence-electron chi connectivity index (χ4n) is 6.15. The van der Waals surface area contributed by atoms with E-state index in [2.05, 4.69) is 49.4 Å². The molecule has 0 N–H and O–H groups in total. The van der Waals surface area contributed by atoms with Gasteiger partial charge in [-0.3, -0.25) is 9.69 Å². The Morgan fingerprint density at radius 1 is 1.00 bits per heavy atom. The van der Waals surface area contributed by atoms with E-state index in [0.29, 0.717) is 25.2 Å². The van der Waals surface area contributed by atoms with E-state index in [1.165, 1.54) is 12.0 Å². The normalized spacial score (nSPS) is 20.5. The highest BCUT2D eigenvalue weighted by Crippen LogP contribution is 2.37. The van der Waals surface area contributed by atoms with Crippen LogP contribution in [0.3, 0.4) is 0 Å². The molecule has 4 aliphatic rings. The maximum Gasteiger partial charge on any atom is 0.270 e. The molecule has 8 nitrogen and oxygen atoms in total. The number of aromatic nitrogens is 2. The molecule has 1 aromatic carbocycles. The van der Waals surface area contributed by atoms with Gasteiger partial charge < -0.3 is 19.3 Å². The number of nitriles is 1. The van der Waals surface area contributed by atoms with Gasteiger partial charge in [0.05, 0.1) is 11.3 Å². The van der Waals surface area contributed by atoms with E-state index in [4.69, 9.17) is 0 Å². The van der Waals surface area contributed by atoms with E-state index < -0.39 is 0 Å².